The number of carboxylic acid groups (broad SMARTS) is 1. The fourth-order valence-corrected chi connectivity index (χ4v) is 5.42. The Morgan fingerprint density at radius 1 is 0.821 bits per heavy atom. The van der Waals surface area contributed by atoms with Crippen molar-refractivity contribution in [2.75, 3.05) is 6.54 Å². The highest BCUT2D eigenvalue weighted by atomic mass is 35.5. The largest absolute Gasteiger partial charge is 0.481 e. The molecule has 0 saturated heterocycles. The maximum atomic E-state index is 11.3. The molecule has 1 heterocycles. The Labute approximate surface area is 233 Å². The number of nitrogens with one attached hydrogen (secondary N) is 1. The van der Waals surface area contributed by atoms with Crippen LogP contribution in [0.3, 0.4) is 0 Å². The summed E-state index contributed by atoms with van der Waals surface area (Å²) in [6.45, 7) is 1.25. The van der Waals surface area contributed by atoms with Gasteiger partial charge in [0, 0.05) is 17.8 Å². The van der Waals surface area contributed by atoms with Gasteiger partial charge in [-0.3, -0.25) is 4.79 Å². The first-order valence-corrected chi connectivity index (χ1v) is 13.3. The second-order valence-electron chi connectivity index (χ2n) is 9.49. The van der Waals surface area contributed by atoms with Crippen LogP contribution in [0, 0.1) is 0 Å². The minimum absolute atomic E-state index is 0.0164. The predicted octanol–water partition coefficient (Wildman–Crippen LogP) is 6.34. The molecule has 1 aromatic heterocycles. The first-order valence-electron chi connectivity index (χ1n) is 13.0. The molecule has 0 aliphatic rings. The zero-order chi connectivity index (χ0) is 27.1. The molecular formula is C33H30ClN3O2. The number of halogens is 1. The van der Waals surface area contributed by atoms with E-state index in [0.29, 0.717) is 24.5 Å². The van der Waals surface area contributed by atoms with Gasteiger partial charge in [-0.15, -0.1) is 0 Å². The molecule has 5 nitrogen and oxygen atoms in total. The smallest absolute Gasteiger partial charge is 0.307 e. The van der Waals surface area contributed by atoms with Gasteiger partial charge in [0.25, 0.3) is 0 Å². The van der Waals surface area contributed by atoms with Gasteiger partial charge >= 0.3 is 5.97 Å². The van der Waals surface area contributed by atoms with Gasteiger partial charge in [-0.05, 0) is 52.9 Å². The number of hydrogen-bond donors (Lipinski definition) is 2. The lowest BCUT2D eigenvalue weighted by molar-refractivity contribution is -0.136. The van der Waals surface area contributed by atoms with Gasteiger partial charge in [-0.2, -0.15) is 0 Å². The van der Waals surface area contributed by atoms with Crippen LogP contribution in [0.1, 0.15) is 33.5 Å². The van der Waals surface area contributed by atoms with Gasteiger partial charge in [0.05, 0.1) is 18.4 Å². The summed E-state index contributed by atoms with van der Waals surface area (Å²) < 4.78 is 2.20. The van der Waals surface area contributed by atoms with Crippen molar-refractivity contribution >= 4 is 17.6 Å². The van der Waals surface area contributed by atoms with Crippen LogP contribution >= 0.6 is 11.6 Å². The first kappa shape index (κ1) is 26.4. The average molecular weight is 536 g/mol. The summed E-state index contributed by atoms with van der Waals surface area (Å²) in [6, 6.07) is 36.9. The molecular weight excluding hydrogens is 506 g/mol. The second kappa shape index (κ2) is 12.1. The fourth-order valence-electron chi connectivity index (χ4n) is 5.23. The fraction of sp³-hybridized carbons (Fsp3) is 0.152. The lowest BCUT2D eigenvalue weighted by Crippen LogP contribution is -2.37. The molecule has 5 rings (SSSR count). The summed E-state index contributed by atoms with van der Waals surface area (Å²) in [7, 11) is 0. The molecule has 0 aliphatic carbocycles. The maximum absolute atomic E-state index is 11.3. The lowest BCUT2D eigenvalue weighted by Gasteiger charge is -2.37. The van der Waals surface area contributed by atoms with Crippen LogP contribution < -0.4 is 5.32 Å². The molecule has 0 radical (unpaired) electrons. The number of carbonyl (C=O) groups is 1. The second-order valence-corrected chi connectivity index (χ2v) is 9.93. The van der Waals surface area contributed by atoms with Crippen LogP contribution in [0.5, 0.6) is 0 Å². The summed E-state index contributed by atoms with van der Waals surface area (Å²) in [5, 5.41) is 13.3. The van der Waals surface area contributed by atoms with Crippen LogP contribution in [-0.2, 0) is 29.7 Å². The molecule has 6 heteroatoms. The third-order valence-electron chi connectivity index (χ3n) is 6.99. The van der Waals surface area contributed by atoms with E-state index in [-0.39, 0.29) is 6.42 Å². The number of benzene rings is 4. The Morgan fingerprint density at radius 3 is 1.92 bits per heavy atom. The van der Waals surface area contributed by atoms with Crippen molar-refractivity contribution < 1.29 is 9.90 Å². The molecule has 0 fully saturated rings. The number of imidazole rings is 1. The molecule has 0 bridgehead atoms. The Morgan fingerprint density at radius 2 is 1.38 bits per heavy atom. The van der Waals surface area contributed by atoms with Gasteiger partial charge in [-0.25, -0.2) is 4.98 Å². The minimum atomic E-state index is -0.851. The van der Waals surface area contributed by atoms with E-state index < -0.39 is 11.5 Å². The average Bonchev–Trinajstić information content (AvgIpc) is 3.43. The molecule has 0 aliphatic heterocycles. The molecule has 0 atom stereocenters. The monoisotopic (exact) mass is 535 g/mol. The van der Waals surface area contributed by atoms with Gasteiger partial charge < -0.3 is 15.0 Å². The summed E-state index contributed by atoms with van der Waals surface area (Å²) in [5.74, 6) is -0.851. The van der Waals surface area contributed by atoms with Crippen molar-refractivity contribution in [3.8, 4) is 0 Å². The van der Waals surface area contributed by atoms with Crippen molar-refractivity contribution in [2.45, 2.75) is 24.9 Å². The zero-order valence-corrected chi connectivity index (χ0v) is 22.3. The predicted molar refractivity (Wildman–Crippen MR) is 155 cm³/mol. The van der Waals surface area contributed by atoms with Crippen molar-refractivity contribution in [1.29, 1.82) is 0 Å². The van der Waals surface area contributed by atoms with Crippen molar-refractivity contribution in [3.63, 3.8) is 0 Å². The van der Waals surface area contributed by atoms with E-state index in [9.17, 15) is 9.90 Å². The Hall–Kier alpha value is -4.19. The van der Waals surface area contributed by atoms with E-state index in [2.05, 4.69) is 88.9 Å². The van der Waals surface area contributed by atoms with Crippen LogP contribution in [-0.4, -0.2) is 27.2 Å². The van der Waals surface area contributed by atoms with E-state index in [1.54, 1.807) is 12.1 Å². The van der Waals surface area contributed by atoms with Crippen LogP contribution in [0.25, 0.3) is 0 Å². The number of nitrogens with zero attached hydrogens (tertiary/aromatic N) is 2. The number of aliphatic carboxylic acids is 1. The van der Waals surface area contributed by atoms with Gasteiger partial charge in [-0.1, -0.05) is 109 Å². The quantitative estimate of drug-likeness (QED) is 0.153. The zero-order valence-electron chi connectivity index (χ0n) is 21.5. The first-order chi connectivity index (χ1) is 19.1. The Balaban J connectivity index is 1.42. The van der Waals surface area contributed by atoms with Crippen LogP contribution in [0.2, 0.25) is 5.02 Å². The van der Waals surface area contributed by atoms with Gasteiger partial charge in [0.2, 0.25) is 0 Å². The molecule has 2 N–H and O–H groups in total. The van der Waals surface area contributed by atoms with E-state index in [0.717, 1.165) is 33.5 Å². The highest BCUT2D eigenvalue weighted by Gasteiger charge is 2.38. The van der Waals surface area contributed by atoms with Gasteiger partial charge in [0.15, 0.2) is 0 Å². The van der Waals surface area contributed by atoms with E-state index in [1.807, 2.05) is 30.6 Å². The summed E-state index contributed by atoms with van der Waals surface area (Å²) in [5.41, 5.74) is 5.49. The standard InChI is InChI=1S/C33H30ClN3O2/c34-30-17-16-25(21-32(38)39)26(20-30)18-19-35-22-31-23-37(24-36-31)33(27-10-4-1-5-11-27,28-12-6-2-7-13-28)29-14-8-3-9-15-29/h1-17,20,23-24,35H,18-19,21-22H2,(H,38,39). The number of aromatic nitrogens is 2. The van der Waals surface area contributed by atoms with Crippen molar-refractivity contribution in [2.24, 2.45) is 0 Å². The molecule has 0 spiro atoms. The Kier molecular flexibility index (Phi) is 8.21. The summed E-state index contributed by atoms with van der Waals surface area (Å²) >= 11 is 6.18. The number of rotatable bonds is 11. The molecule has 0 saturated carbocycles. The maximum Gasteiger partial charge on any atom is 0.307 e. The molecule has 0 unspecified atom stereocenters. The summed E-state index contributed by atoms with van der Waals surface area (Å²) in [6.07, 6.45) is 4.67. The molecule has 5 aromatic rings. The third kappa shape index (κ3) is 5.80. The Bertz CT molecular complexity index is 1420. The lowest BCUT2D eigenvalue weighted by atomic mass is 9.77. The normalized spacial score (nSPS) is 11.4. The van der Waals surface area contributed by atoms with Crippen molar-refractivity contribution in [1.82, 2.24) is 14.9 Å². The number of hydrogen-bond acceptors (Lipinski definition) is 3. The van der Waals surface area contributed by atoms with E-state index >= 15 is 0 Å². The van der Waals surface area contributed by atoms with E-state index in [1.165, 1.54) is 0 Å². The van der Waals surface area contributed by atoms with Gasteiger partial charge in [0.1, 0.15) is 5.54 Å². The SMILES string of the molecule is O=C(O)Cc1ccc(Cl)cc1CCNCc1cn(C(c2ccccc2)(c2ccccc2)c2ccccc2)cn1. The highest BCUT2D eigenvalue weighted by Crippen LogP contribution is 2.40. The minimum Gasteiger partial charge on any atom is -0.481 e. The van der Waals surface area contributed by atoms with E-state index in [4.69, 9.17) is 16.6 Å². The molecule has 196 valence electrons. The third-order valence-corrected chi connectivity index (χ3v) is 7.22. The van der Waals surface area contributed by atoms with Crippen molar-refractivity contribution in [3.05, 3.63) is 160 Å². The molecule has 4 aromatic carbocycles. The molecule has 39 heavy (non-hydrogen) atoms. The van der Waals surface area contributed by atoms with Crippen LogP contribution in [0.15, 0.2) is 122 Å². The highest BCUT2D eigenvalue weighted by molar-refractivity contribution is 6.30. The van der Waals surface area contributed by atoms with Crippen LogP contribution in [0.4, 0.5) is 0 Å². The number of carboxylic acids is 1. The molecule has 0 amide bonds. The topological polar surface area (TPSA) is 67.2 Å². The summed E-state index contributed by atoms with van der Waals surface area (Å²) in [4.78, 5) is 16.0.